The molecular formula is C19H24N2O3. The quantitative estimate of drug-likeness (QED) is 0.782. The highest BCUT2D eigenvalue weighted by atomic mass is 16.5. The second-order valence-corrected chi connectivity index (χ2v) is 6.30. The van der Waals surface area contributed by atoms with Gasteiger partial charge in [0, 0.05) is 38.2 Å². The summed E-state index contributed by atoms with van der Waals surface area (Å²) in [6.07, 6.45) is 4.31. The summed E-state index contributed by atoms with van der Waals surface area (Å²) in [4.78, 5) is 13.9. The van der Waals surface area contributed by atoms with Gasteiger partial charge in [-0.2, -0.15) is 0 Å². The molecular weight excluding hydrogens is 304 g/mol. The Morgan fingerprint density at radius 3 is 2.92 bits per heavy atom. The fraction of sp³-hybridized carbons (Fsp3) is 0.474. The van der Waals surface area contributed by atoms with Gasteiger partial charge in [-0.1, -0.05) is 35.5 Å². The smallest absolute Gasteiger partial charge is 0.224 e. The van der Waals surface area contributed by atoms with E-state index in [-0.39, 0.29) is 12.0 Å². The zero-order valence-corrected chi connectivity index (χ0v) is 14.1. The van der Waals surface area contributed by atoms with Gasteiger partial charge in [0.2, 0.25) is 5.91 Å². The second kappa shape index (κ2) is 8.11. The van der Waals surface area contributed by atoms with Crippen LogP contribution in [0.2, 0.25) is 0 Å². The van der Waals surface area contributed by atoms with Crippen LogP contribution in [-0.4, -0.2) is 42.3 Å². The zero-order chi connectivity index (χ0) is 16.8. The van der Waals surface area contributed by atoms with Crippen molar-refractivity contribution in [1.82, 2.24) is 10.1 Å². The molecule has 1 aromatic heterocycles. The van der Waals surface area contributed by atoms with Gasteiger partial charge < -0.3 is 14.2 Å². The molecule has 1 aromatic carbocycles. The molecule has 1 aliphatic heterocycles. The Hall–Kier alpha value is -2.14. The van der Waals surface area contributed by atoms with Gasteiger partial charge in [0.25, 0.3) is 0 Å². The lowest BCUT2D eigenvalue weighted by Gasteiger charge is -2.18. The van der Waals surface area contributed by atoms with Gasteiger partial charge in [0.15, 0.2) is 0 Å². The van der Waals surface area contributed by atoms with Crippen LogP contribution in [0.3, 0.4) is 0 Å². The minimum Gasteiger partial charge on any atom is -0.378 e. The summed E-state index contributed by atoms with van der Waals surface area (Å²) in [6, 6.07) is 12.0. The summed E-state index contributed by atoms with van der Waals surface area (Å²) in [5.41, 5.74) is 1.91. The van der Waals surface area contributed by atoms with Crippen LogP contribution in [0.4, 0.5) is 0 Å². The van der Waals surface area contributed by atoms with Gasteiger partial charge in [-0.05, 0) is 19.3 Å². The van der Waals surface area contributed by atoms with Gasteiger partial charge in [0.05, 0.1) is 12.5 Å². The fourth-order valence-corrected chi connectivity index (χ4v) is 2.95. The average molecular weight is 328 g/mol. The largest absolute Gasteiger partial charge is 0.378 e. The molecule has 0 aliphatic carbocycles. The van der Waals surface area contributed by atoms with Crippen molar-refractivity contribution < 1.29 is 14.1 Å². The van der Waals surface area contributed by atoms with Gasteiger partial charge in [-0.3, -0.25) is 4.79 Å². The van der Waals surface area contributed by atoms with Crippen molar-refractivity contribution in [1.29, 1.82) is 0 Å². The molecule has 3 rings (SSSR count). The summed E-state index contributed by atoms with van der Waals surface area (Å²) in [5.74, 6) is 1.01. The third-order valence-electron chi connectivity index (χ3n) is 4.40. The van der Waals surface area contributed by atoms with E-state index in [0.29, 0.717) is 13.0 Å². The Balaban J connectivity index is 1.43. The predicted molar refractivity (Wildman–Crippen MR) is 91.5 cm³/mol. The number of carbonyl (C=O) groups excluding carboxylic acids is 1. The van der Waals surface area contributed by atoms with E-state index in [1.54, 1.807) is 4.90 Å². The number of ether oxygens (including phenoxy) is 1. The predicted octanol–water partition coefficient (Wildman–Crippen LogP) is 3.30. The van der Waals surface area contributed by atoms with Crippen molar-refractivity contribution >= 4 is 5.91 Å². The average Bonchev–Trinajstić information content (AvgIpc) is 3.27. The van der Waals surface area contributed by atoms with E-state index < -0.39 is 0 Å². The lowest BCUT2D eigenvalue weighted by Crippen LogP contribution is -2.30. The van der Waals surface area contributed by atoms with Crippen molar-refractivity contribution in [2.75, 3.05) is 20.2 Å². The van der Waals surface area contributed by atoms with E-state index in [1.165, 1.54) is 0 Å². The SMILES string of the molecule is CN(CCCc1cc(-c2ccccc2)no1)C(=O)C[C@@H]1CCCO1. The molecule has 24 heavy (non-hydrogen) atoms. The van der Waals surface area contributed by atoms with Gasteiger partial charge in [-0.25, -0.2) is 0 Å². The van der Waals surface area contributed by atoms with Crippen LogP contribution < -0.4 is 0 Å². The first-order valence-electron chi connectivity index (χ1n) is 8.59. The molecule has 1 atom stereocenters. The third-order valence-corrected chi connectivity index (χ3v) is 4.40. The maximum atomic E-state index is 12.1. The number of nitrogens with zero attached hydrogens (tertiary/aromatic N) is 2. The highest BCUT2D eigenvalue weighted by molar-refractivity contribution is 5.76. The number of aromatic nitrogens is 1. The molecule has 0 spiro atoms. The van der Waals surface area contributed by atoms with Crippen LogP contribution in [0.15, 0.2) is 40.9 Å². The summed E-state index contributed by atoms with van der Waals surface area (Å²) in [6.45, 7) is 1.50. The fourth-order valence-electron chi connectivity index (χ4n) is 2.95. The van der Waals surface area contributed by atoms with E-state index in [2.05, 4.69) is 5.16 Å². The maximum absolute atomic E-state index is 12.1. The highest BCUT2D eigenvalue weighted by Gasteiger charge is 2.21. The maximum Gasteiger partial charge on any atom is 0.224 e. The summed E-state index contributed by atoms with van der Waals surface area (Å²) in [7, 11) is 1.85. The number of hydrogen-bond donors (Lipinski definition) is 0. The monoisotopic (exact) mass is 328 g/mol. The van der Waals surface area contributed by atoms with Crippen LogP contribution >= 0.6 is 0 Å². The van der Waals surface area contributed by atoms with E-state index in [9.17, 15) is 4.79 Å². The normalized spacial score (nSPS) is 17.1. The van der Waals surface area contributed by atoms with E-state index in [4.69, 9.17) is 9.26 Å². The van der Waals surface area contributed by atoms with Crippen LogP contribution in [0, 0.1) is 0 Å². The van der Waals surface area contributed by atoms with Crippen molar-refractivity contribution in [3.05, 3.63) is 42.2 Å². The highest BCUT2D eigenvalue weighted by Crippen LogP contribution is 2.19. The lowest BCUT2D eigenvalue weighted by atomic mass is 10.1. The topological polar surface area (TPSA) is 55.6 Å². The molecule has 5 nitrogen and oxygen atoms in total. The number of hydrogen-bond acceptors (Lipinski definition) is 4. The molecule has 1 fully saturated rings. The molecule has 0 N–H and O–H groups in total. The Morgan fingerprint density at radius 1 is 1.33 bits per heavy atom. The van der Waals surface area contributed by atoms with Crippen LogP contribution in [0.1, 0.15) is 31.4 Å². The zero-order valence-electron chi connectivity index (χ0n) is 14.1. The Kier molecular flexibility index (Phi) is 5.64. The first kappa shape index (κ1) is 16.7. The van der Waals surface area contributed by atoms with E-state index >= 15 is 0 Å². The van der Waals surface area contributed by atoms with Gasteiger partial charge in [-0.15, -0.1) is 0 Å². The number of amides is 1. The van der Waals surface area contributed by atoms with Crippen molar-refractivity contribution in [3.8, 4) is 11.3 Å². The molecule has 0 radical (unpaired) electrons. The number of benzene rings is 1. The number of rotatable bonds is 7. The van der Waals surface area contributed by atoms with Crippen molar-refractivity contribution in [2.24, 2.45) is 0 Å². The second-order valence-electron chi connectivity index (χ2n) is 6.30. The van der Waals surface area contributed by atoms with Crippen molar-refractivity contribution in [3.63, 3.8) is 0 Å². The molecule has 128 valence electrons. The Bertz CT molecular complexity index is 648. The molecule has 1 saturated heterocycles. The Morgan fingerprint density at radius 2 is 2.17 bits per heavy atom. The molecule has 2 aromatic rings. The van der Waals surface area contributed by atoms with E-state index in [1.807, 2.05) is 43.4 Å². The Labute approximate surface area is 142 Å². The minimum atomic E-state index is 0.114. The molecule has 2 heterocycles. The summed E-state index contributed by atoms with van der Waals surface area (Å²) < 4.78 is 10.9. The minimum absolute atomic E-state index is 0.114. The summed E-state index contributed by atoms with van der Waals surface area (Å²) >= 11 is 0. The van der Waals surface area contributed by atoms with Crippen LogP contribution in [0.25, 0.3) is 11.3 Å². The third kappa shape index (κ3) is 4.45. The molecule has 1 aliphatic rings. The van der Waals surface area contributed by atoms with Crippen molar-refractivity contribution in [2.45, 2.75) is 38.2 Å². The first-order chi connectivity index (χ1) is 11.7. The van der Waals surface area contributed by atoms with E-state index in [0.717, 1.165) is 49.3 Å². The van der Waals surface area contributed by atoms with Gasteiger partial charge >= 0.3 is 0 Å². The molecule has 0 saturated carbocycles. The molecule has 1 amide bonds. The van der Waals surface area contributed by atoms with Crippen LogP contribution in [-0.2, 0) is 16.0 Å². The molecule has 0 unspecified atom stereocenters. The standard InChI is InChI=1S/C19H24N2O3/c1-21(19(22)14-16-10-6-12-23-16)11-5-9-17-13-18(20-24-17)15-7-3-2-4-8-15/h2-4,7-8,13,16H,5-6,9-12,14H2,1H3/t16-/m0/s1. The number of carbonyl (C=O) groups is 1. The number of aryl methyl sites for hydroxylation is 1. The van der Waals surface area contributed by atoms with Gasteiger partial charge in [0.1, 0.15) is 11.5 Å². The molecule has 0 bridgehead atoms. The molecule has 5 heteroatoms. The van der Waals surface area contributed by atoms with Crippen LogP contribution in [0.5, 0.6) is 0 Å². The first-order valence-corrected chi connectivity index (χ1v) is 8.59. The lowest BCUT2D eigenvalue weighted by molar-refractivity contribution is -0.132. The summed E-state index contributed by atoms with van der Waals surface area (Å²) in [5, 5.41) is 4.12.